The number of fused-ring (bicyclic) bond motifs is 1. The SMILES string of the molecule is CC(C)CCNCC(C)Oc1cccc2ccccc12. The van der Waals surface area contributed by atoms with E-state index in [0.717, 1.165) is 24.8 Å². The zero-order chi connectivity index (χ0) is 14.4. The molecule has 1 unspecified atom stereocenters. The normalized spacial score (nSPS) is 12.8. The summed E-state index contributed by atoms with van der Waals surface area (Å²) in [4.78, 5) is 0. The summed E-state index contributed by atoms with van der Waals surface area (Å²) in [7, 11) is 0. The maximum Gasteiger partial charge on any atom is 0.127 e. The van der Waals surface area contributed by atoms with Crippen LogP contribution in [0.3, 0.4) is 0 Å². The molecule has 2 aromatic carbocycles. The highest BCUT2D eigenvalue weighted by Gasteiger charge is 2.06. The Morgan fingerprint density at radius 2 is 1.75 bits per heavy atom. The molecule has 2 nitrogen and oxygen atoms in total. The molecule has 1 N–H and O–H groups in total. The number of nitrogens with one attached hydrogen (secondary N) is 1. The van der Waals surface area contributed by atoms with Gasteiger partial charge in [0.15, 0.2) is 0 Å². The minimum atomic E-state index is 0.174. The second-order valence-electron chi connectivity index (χ2n) is 5.79. The zero-order valence-electron chi connectivity index (χ0n) is 12.7. The summed E-state index contributed by atoms with van der Waals surface area (Å²) in [6.07, 6.45) is 1.38. The summed E-state index contributed by atoms with van der Waals surface area (Å²) in [6, 6.07) is 14.6. The van der Waals surface area contributed by atoms with Gasteiger partial charge in [-0.3, -0.25) is 0 Å². The first-order chi connectivity index (χ1) is 9.66. The van der Waals surface area contributed by atoms with E-state index >= 15 is 0 Å². The summed E-state index contributed by atoms with van der Waals surface area (Å²) in [5.74, 6) is 1.72. The molecule has 0 amide bonds. The number of rotatable bonds is 7. The van der Waals surface area contributed by atoms with Crippen molar-refractivity contribution in [2.45, 2.75) is 33.3 Å². The van der Waals surface area contributed by atoms with Crippen LogP contribution in [-0.4, -0.2) is 19.2 Å². The van der Waals surface area contributed by atoms with Gasteiger partial charge in [-0.05, 0) is 37.3 Å². The lowest BCUT2D eigenvalue weighted by molar-refractivity contribution is 0.219. The standard InChI is InChI=1S/C18H25NO/c1-14(2)11-12-19-13-15(3)20-18-10-6-8-16-7-4-5-9-17(16)18/h4-10,14-15,19H,11-13H2,1-3H3. The van der Waals surface area contributed by atoms with Gasteiger partial charge in [-0.1, -0.05) is 50.2 Å². The fourth-order valence-electron chi connectivity index (χ4n) is 2.25. The molecule has 20 heavy (non-hydrogen) atoms. The van der Waals surface area contributed by atoms with Gasteiger partial charge in [0.05, 0.1) is 0 Å². The fourth-order valence-corrected chi connectivity index (χ4v) is 2.25. The summed E-state index contributed by atoms with van der Waals surface area (Å²) >= 11 is 0. The Bertz CT molecular complexity index is 530. The molecule has 0 fully saturated rings. The molecule has 0 radical (unpaired) electrons. The largest absolute Gasteiger partial charge is 0.489 e. The third kappa shape index (κ3) is 4.24. The second-order valence-corrected chi connectivity index (χ2v) is 5.79. The lowest BCUT2D eigenvalue weighted by Gasteiger charge is -2.17. The molecule has 0 aromatic heterocycles. The van der Waals surface area contributed by atoms with Crippen LogP contribution in [0.25, 0.3) is 10.8 Å². The predicted molar refractivity (Wildman–Crippen MR) is 86.4 cm³/mol. The fraction of sp³-hybridized carbons (Fsp3) is 0.444. The van der Waals surface area contributed by atoms with Gasteiger partial charge in [0.1, 0.15) is 11.9 Å². The first-order valence-corrected chi connectivity index (χ1v) is 7.52. The molecule has 1 atom stereocenters. The summed E-state index contributed by atoms with van der Waals surface area (Å²) in [5.41, 5.74) is 0. The Morgan fingerprint density at radius 3 is 2.55 bits per heavy atom. The lowest BCUT2D eigenvalue weighted by Crippen LogP contribution is -2.30. The summed E-state index contributed by atoms with van der Waals surface area (Å²) in [6.45, 7) is 8.55. The van der Waals surface area contributed by atoms with E-state index in [1.807, 2.05) is 6.07 Å². The first-order valence-electron chi connectivity index (χ1n) is 7.52. The van der Waals surface area contributed by atoms with E-state index in [1.165, 1.54) is 17.2 Å². The van der Waals surface area contributed by atoms with Crippen molar-refractivity contribution >= 4 is 10.8 Å². The van der Waals surface area contributed by atoms with Gasteiger partial charge in [-0.15, -0.1) is 0 Å². The lowest BCUT2D eigenvalue weighted by atomic mass is 10.1. The van der Waals surface area contributed by atoms with Crippen molar-refractivity contribution in [1.29, 1.82) is 0 Å². The molecule has 0 bridgehead atoms. The van der Waals surface area contributed by atoms with Crippen LogP contribution >= 0.6 is 0 Å². The van der Waals surface area contributed by atoms with Gasteiger partial charge in [0, 0.05) is 11.9 Å². The highest BCUT2D eigenvalue weighted by atomic mass is 16.5. The van der Waals surface area contributed by atoms with Crippen LogP contribution in [0.15, 0.2) is 42.5 Å². The number of ether oxygens (including phenoxy) is 1. The van der Waals surface area contributed by atoms with Gasteiger partial charge < -0.3 is 10.1 Å². The molecule has 0 heterocycles. The Hall–Kier alpha value is -1.54. The van der Waals surface area contributed by atoms with Crippen LogP contribution in [-0.2, 0) is 0 Å². The third-order valence-corrected chi connectivity index (χ3v) is 3.41. The third-order valence-electron chi connectivity index (χ3n) is 3.41. The first kappa shape index (κ1) is 14.9. The molecule has 0 aliphatic carbocycles. The second kappa shape index (κ2) is 7.30. The highest BCUT2D eigenvalue weighted by Crippen LogP contribution is 2.25. The minimum Gasteiger partial charge on any atom is -0.489 e. The van der Waals surface area contributed by atoms with Gasteiger partial charge >= 0.3 is 0 Å². The van der Waals surface area contributed by atoms with Crippen LogP contribution < -0.4 is 10.1 Å². The van der Waals surface area contributed by atoms with E-state index in [-0.39, 0.29) is 6.10 Å². The van der Waals surface area contributed by atoms with Crippen molar-refractivity contribution in [2.75, 3.05) is 13.1 Å². The summed E-state index contributed by atoms with van der Waals surface area (Å²) < 4.78 is 6.07. The molecule has 0 aliphatic heterocycles. The number of benzene rings is 2. The molecule has 2 heteroatoms. The van der Waals surface area contributed by atoms with E-state index in [9.17, 15) is 0 Å². The van der Waals surface area contributed by atoms with Crippen molar-refractivity contribution in [3.05, 3.63) is 42.5 Å². The van der Waals surface area contributed by atoms with Gasteiger partial charge in [0.25, 0.3) is 0 Å². The van der Waals surface area contributed by atoms with Crippen LogP contribution in [0.2, 0.25) is 0 Å². The molecule has 0 saturated carbocycles. The Balaban J connectivity index is 1.91. The van der Waals surface area contributed by atoms with Crippen molar-refractivity contribution in [3.63, 3.8) is 0 Å². The average Bonchev–Trinajstić information content (AvgIpc) is 2.44. The van der Waals surface area contributed by atoms with Gasteiger partial charge in [-0.2, -0.15) is 0 Å². The molecule has 0 spiro atoms. The maximum absolute atomic E-state index is 6.07. The van der Waals surface area contributed by atoms with Crippen LogP contribution in [0, 0.1) is 5.92 Å². The smallest absolute Gasteiger partial charge is 0.127 e. The van der Waals surface area contributed by atoms with Crippen molar-refractivity contribution in [1.82, 2.24) is 5.32 Å². The van der Waals surface area contributed by atoms with E-state index < -0.39 is 0 Å². The molecule has 0 saturated heterocycles. The van der Waals surface area contributed by atoms with Crippen LogP contribution in [0.5, 0.6) is 5.75 Å². The number of hydrogen-bond donors (Lipinski definition) is 1. The monoisotopic (exact) mass is 271 g/mol. The number of hydrogen-bond acceptors (Lipinski definition) is 2. The summed E-state index contributed by atoms with van der Waals surface area (Å²) in [5, 5.41) is 5.87. The molecule has 0 aliphatic rings. The quantitative estimate of drug-likeness (QED) is 0.760. The molecule has 2 rings (SSSR count). The van der Waals surface area contributed by atoms with Crippen molar-refractivity contribution in [3.8, 4) is 5.75 Å². The molecule has 2 aromatic rings. The zero-order valence-corrected chi connectivity index (χ0v) is 12.7. The van der Waals surface area contributed by atoms with Gasteiger partial charge in [-0.25, -0.2) is 0 Å². The molecular formula is C18H25NO. The minimum absolute atomic E-state index is 0.174. The topological polar surface area (TPSA) is 21.3 Å². The van der Waals surface area contributed by atoms with Crippen molar-refractivity contribution in [2.24, 2.45) is 5.92 Å². The molecule has 108 valence electrons. The van der Waals surface area contributed by atoms with Crippen LogP contribution in [0.1, 0.15) is 27.2 Å². The van der Waals surface area contributed by atoms with E-state index in [4.69, 9.17) is 4.74 Å². The van der Waals surface area contributed by atoms with E-state index in [2.05, 4.69) is 62.5 Å². The van der Waals surface area contributed by atoms with Crippen molar-refractivity contribution < 1.29 is 4.74 Å². The van der Waals surface area contributed by atoms with Gasteiger partial charge in [0.2, 0.25) is 0 Å². The van der Waals surface area contributed by atoms with E-state index in [1.54, 1.807) is 0 Å². The average molecular weight is 271 g/mol. The Kier molecular flexibility index (Phi) is 5.42. The van der Waals surface area contributed by atoms with E-state index in [0.29, 0.717) is 0 Å². The predicted octanol–water partition coefficient (Wildman–Crippen LogP) is 4.24. The highest BCUT2D eigenvalue weighted by molar-refractivity contribution is 5.88. The molecular weight excluding hydrogens is 246 g/mol. The Morgan fingerprint density at radius 1 is 1.00 bits per heavy atom. The maximum atomic E-state index is 6.07. The van der Waals surface area contributed by atoms with Crippen LogP contribution in [0.4, 0.5) is 0 Å². The Labute approximate surface area is 122 Å².